The van der Waals surface area contributed by atoms with Crippen LogP contribution in [0.4, 0.5) is 0 Å². The molecule has 84 valence electrons. The van der Waals surface area contributed by atoms with E-state index >= 15 is 0 Å². The second-order valence-corrected chi connectivity index (χ2v) is 3.77. The predicted molar refractivity (Wildman–Crippen MR) is 69.8 cm³/mol. The fourth-order valence-electron chi connectivity index (χ4n) is 1.64. The molecule has 0 bridgehead atoms. The number of hydrogen-bond donors (Lipinski definition) is 0. The number of para-hydroxylation sites is 1. The van der Waals surface area contributed by atoms with Crippen LogP contribution in [0.15, 0.2) is 55.1 Å². The lowest BCUT2D eigenvalue weighted by Crippen LogP contribution is -1.84. The summed E-state index contributed by atoms with van der Waals surface area (Å²) in [5, 5.41) is 1.12. The van der Waals surface area contributed by atoms with Crippen molar-refractivity contribution in [1.29, 1.82) is 0 Å². The van der Waals surface area contributed by atoms with Gasteiger partial charge in [0.05, 0.1) is 11.1 Å². The summed E-state index contributed by atoms with van der Waals surface area (Å²) in [6, 6.07) is 11.9. The third kappa shape index (κ3) is 2.18. The van der Waals surface area contributed by atoms with Crippen molar-refractivity contribution in [3.8, 4) is 11.8 Å². The van der Waals surface area contributed by atoms with E-state index in [1.54, 1.807) is 12.4 Å². The first kappa shape index (κ1) is 10.4. The summed E-state index contributed by atoms with van der Waals surface area (Å²) in [5.74, 6) is 6.00. The minimum atomic E-state index is 0.748. The average Bonchev–Trinajstić information content (AvgIpc) is 2.46. The zero-order valence-electron chi connectivity index (χ0n) is 9.54. The largest absolute Gasteiger partial charge is 0.244 e. The summed E-state index contributed by atoms with van der Waals surface area (Å²) < 4.78 is 0. The van der Waals surface area contributed by atoms with Gasteiger partial charge in [0.1, 0.15) is 12.0 Å². The molecule has 3 nitrogen and oxygen atoms in total. The van der Waals surface area contributed by atoms with Gasteiger partial charge in [-0.1, -0.05) is 30.2 Å². The van der Waals surface area contributed by atoms with Crippen LogP contribution in [0.2, 0.25) is 0 Å². The molecule has 2 aromatic heterocycles. The molecule has 0 N–H and O–H groups in total. The van der Waals surface area contributed by atoms with Crippen molar-refractivity contribution in [2.45, 2.75) is 0 Å². The monoisotopic (exact) mass is 231 g/mol. The highest BCUT2D eigenvalue weighted by molar-refractivity contribution is 5.78. The van der Waals surface area contributed by atoms with Crippen molar-refractivity contribution < 1.29 is 0 Å². The molecule has 0 spiro atoms. The summed E-state index contributed by atoms with van der Waals surface area (Å²) >= 11 is 0. The molecule has 0 saturated heterocycles. The van der Waals surface area contributed by atoms with Crippen molar-refractivity contribution in [2.24, 2.45) is 0 Å². The lowest BCUT2D eigenvalue weighted by atomic mass is 10.2. The number of rotatable bonds is 0. The van der Waals surface area contributed by atoms with Gasteiger partial charge in [-0.15, -0.1) is 0 Å². The maximum atomic E-state index is 4.48. The van der Waals surface area contributed by atoms with Crippen molar-refractivity contribution >= 4 is 10.9 Å². The number of nitrogens with zero attached hydrogens (tertiary/aromatic N) is 3. The summed E-state index contributed by atoms with van der Waals surface area (Å²) in [7, 11) is 0. The summed E-state index contributed by atoms with van der Waals surface area (Å²) in [4.78, 5) is 12.3. The predicted octanol–water partition coefficient (Wildman–Crippen LogP) is 2.42. The first-order chi connectivity index (χ1) is 8.92. The molecule has 3 aromatic rings. The molecular weight excluding hydrogens is 222 g/mol. The van der Waals surface area contributed by atoms with Crippen molar-refractivity contribution in [3.05, 3.63) is 66.4 Å². The van der Waals surface area contributed by atoms with E-state index in [1.807, 2.05) is 36.4 Å². The molecule has 3 rings (SSSR count). The van der Waals surface area contributed by atoms with Crippen LogP contribution in [0.3, 0.4) is 0 Å². The molecule has 1 aromatic carbocycles. The Balaban J connectivity index is 1.99. The summed E-state index contributed by atoms with van der Waals surface area (Å²) in [5.41, 5.74) is 2.48. The van der Waals surface area contributed by atoms with Crippen LogP contribution < -0.4 is 0 Å². The maximum Gasteiger partial charge on any atom is 0.115 e. The number of pyridine rings is 1. The Morgan fingerprint density at radius 2 is 1.67 bits per heavy atom. The van der Waals surface area contributed by atoms with Crippen LogP contribution in [0.25, 0.3) is 10.9 Å². The van der Waals surface area contributed by atoms with Crippen LogP contribution in [-0.4, -0.2) is 15.0 Å². The maximum absolute atomic E-state index is 4.48. The van der Waals surface area contributed by atoms with Gasteiger partial charge in [0, 0.05) is 17.8 Å². The van der Waals surface area contributed by atoms with Crippen LogP contribution in [0.1, 0.15) is 11.3 Å². The molecular formula is C15H9N3. The molecule has 18 heavy (non-hydrogen) atoms. The van der Waals surface area contributed by atoms with E-state index in [-0.39, 0.29) is 0 Å². The summed E-state index contributed by atoms with van der Waals surface area (Å²) in [6.07, 6.45) is 4.85. The van der Waals surface area contributed by atoms with Gasteiger partial charge in [-0.2, -0.15) is 0 Å². The Morgan fingerprint density at radius 3 is 2.56 bits per heavy atom. The number of hydrogen-bond acceptors (Lipinski definition) is 3. The Labute approximate surface area is 105 Å². The Morgan fingerprint density at radius 1 is 0.833 bits per heavy atom. The van der Waals surface area contributed by atoms with Crippen LogP contribution in [0.5, 0.6) is 0 Å². The Hall–Kier alpha value is -2.73. The Kier molecular flexibility index (Phi) is 2.69. The lowest BCUT2D eigenvalue weighted by Gasteiger charge is -1.96. The quantitative estimate of drug-likeness (QED) is 0.558. The lowest BCUT2D eigenvalue weighted by molar-refractivity contribution is 1.16. The first-order valence-electron chi connectivity index (χ1n) is 5.55. The molecule has 0 aliphatic heterocycles. The average molecular weight is 231 g/mol. The minimum absolute atomic E-state index is 0.748. The first-order valence-corrected chi connectivity index (χ1v) is 5.55. The van der Waals surface area contributed by atoms with E-state index < -0.39 is 0 Å². The van der Waals surface area contributed by atoms with E-state index in [4.69, 9.17) is 0 Å². The number of aromatic nitrogens is 3. The number of benzene rings is 1. The molecule has 2 heterocycles. The fourth-order valence-corrected chi connectivity index (χ4v) is 1.64. The van der Waals surface area contributed by atoms with Crippen LogP contribution in [0, 0.1) is 11.8 Å². The highest BCUT2D eigenvalue weighted by Crippen LogP contribution is 2.11. The van der Waals surface area contributed by atoms with E-state index in [0.717, 1.165) is 22.2 Å². The molecule has 0 saturated carbocycles. The molecule has 3 heteroatoms. The summed E-state index contributed by atoms with van der Waals surface area (Å²) in [6.45, 7) is 0. The van der Waals surface area contributed by atoms with Gasteiger partial charge in [0.25, 0.3) is 0 Å². The third-order valence-corrected chi connectivity index (χ3v) is 2.49. The van der Waals surface area contributed by atoms with Crippen LogP contribution in [-0.2, 0) is 0 Å². The second-order valence-electron chi connectivity index (χ2n) is 3.77. The molecule has 0 fully saturated rings. The van der Waals surface area contributed by atoms with Crippen LogP contribution >= 0.6 is 0 Å². The van der Waals surface area contributed by atoms with E-state index in [0.29, 0.717) is 0 Å². The minimum Gasteiger partial charge on any atom is -0.244 e. The van der Waals surface area contributed by atoms with E-state index in [2.05, 4.69) is 26.8 Å². The third-order valence-electron chi connectivity index (χ3n) is 2.49. The van der Waals surface area contributed by atoms with Gasteiger partial charge in [0.15, 0.2) is 0 Å². The molecule has 0 aliphatic carbocycles. The van der Waals surface area contributed by atoms with E-state index in [1.165, 1.54) is 6.33 Å². The standard InChI is InChI=1S/C15H9N3/c1-2-4-15-13(3-1)6-8-14(18-15)7-5-12-9-16-11-17-10-12/h1-4,6,8-11H. The van der Waals surface area contributed by atoms with Gasteiger partial charge in [-0.25, -0.2) is 15.0 Å². The molecule has 0 unspecified atom stereocenters. The SMILES string of the molecule is C(#Cc1ccc2ccccc2n1)c1cncnc1. The van der Waals surface area contributed by atoms with Gasteiger partial charge < -0.3 is 0 Å². The number of fused-ring (bicyclic) bond motifs is 1. The van der Waals surface area contributed by atoms with Gasteiger partial charge in [0.2, 0.25) is 0 Å². The topological polar surface area (TPSA) is 38.7 Å². The molecule has 0 amide bonds. The van der Waals surface area contributed by atoms with Gasteiger partial charge in [-0.3, -0.25) is 0 Å². The highest BCUT2D eigenvalue weighted by Gasteiger charge is 1.94. The molecule has 0 radical (unpaired) electrons. The van der Waals surface area contributed by atoms with Gasteiger partial charge in [-0.05, 0) is 18.1 Å². The fraction of sp³-hybridized carbons (Fsp3) is 0. The van der Waals surface area contributed by atoms with Crippen molar-refractivity contribution in [3.63, 3.8) is 0 Å². The van der Waals surface area contributed by atoms with E-state index in [9.17, 15) is 0 Å². The zero-order chi connectivity index (χ0) is 12.2. The Bertz CT molecular complexity index is 740. The highest BCUT2D eigenvalue weighted by atomic mass is 14.8. The zero-order valence-corrected chi connectivity index (χ0v) is 9.54. The normalized spacial score (nSPS) is 9.78. The van der Waals surface area contributed by atoms with Crippen molar-refractivity contribution in [1.82, 2.24) is 15.0 Å². The molecule has 0 aliphatic rings. The smallest absolute Gasteiger partial charge is 0.115 e. The van der Waals surface area contributed by atoms with Crippen molar-refractivity contribution in [2.75, 3.05) is 0 Å². The second kappa shape index (κ2) is 4.64. The molecule has 0 atom stereocenters. The van der Waals surface area contributed by atoms with Gasteiger partial charge >= 0.3 is 0 Å².